The van der Waals surface area contributed by atoms with Gasteiger partial charge in [0, 0.05) is 39.1 Å². The van der Waals surface area contributed by atoms with Gasteiger partial charge in [-0.2, -0.15) is 11.3 Å². The van der Waals surface area contributed by atoms with Crippen LogP contribution in [0.15, 0.2) is 64.8 Å². The van der Waals surface area contributed by atoms with Crippen LogP contribution >= 0.6 is 35.3 Å². The number of imidazole rings is 1. The number of nitrogens with zero attached hydrogens (tertiary/aromatic N) is 3. The Morgan fingerprint density at radius 2 is 1.80 bits per heavy atom. The molecule has 2 heterocycles. The van der Waals surface area contributed by atoms with Crippen LogP contribution in [0.25, 0.3) is 0 Å². The summed E-state index contributed by atoms with van der Waals surface area (Å²) in [6.45, 7) is 2.37. The lowest BCUT2D eigenvalue weighted by Gasteiger charge is -2.12. The van der Waals surface area contributed by atoms with E-state index in [4.69, 9.17) is 0 Å². The van der Waals surface area contributed by atoms with Crippen molar-refractivity contribution in [1.82, 2.24) is 20.2 Å². The van der Waals surface area contributed by atoms with Gasteiger partial charge in [0.2, 0.25) is 0 Å². The normalized spacial score (nSPS) is 11.0. The molecular weight excluding hydrogens is 445 g/mol. The van der Waals surface area contributed by atoms with E-state index in [0.29, 0.717) is 0 Å². The highest BCUT2D eigenvalue weighted by atomic mass is 127. The summed E-state index contributed by atoms with van der Waals surface area (Å²) in [5.41, 5.74) is 3.76. The van der Waals surface area contributed by atoms with Crippen molar-refractivity contribution < 1.29 is 0 Å². The van der Waals surface area contributed by atoms with Crippen LogP contribution in [0.1, 0.15) is 16.7 Å². The fourth-order valence-electron chi connectivity index (χ4n) is 2.34. The van der Waals surface area contributed by atoms with E-state index in [0.717, 1.165) is 25.6 Å². The highest BCUT2D eigenvalue weighted by molar-refractivity contribution is 14.0. The fourth-order valence-corrected chi connectivity index (χ4v) is 3.01. The zero-order valence-corrected chi connectivity index (χ0v) is 17.2. The van der Waals surface area contributed by atoms with Gasteiger partial charge in [-0.15, -0.1) is 24.0 Å². The molecule has 0 saturated carbocycles. The minimum absolute atomic E-state index is 0. The van der Waals surface area contributed by atoms with Crippen LogP contribution in [-0.4, -0.2) is 22.6 Å². The molecule has 0 fully saturated rings. The Hall–Kier alpha value is -1.87. The van der Waals surface area contributed by atoms with Gasteiger partial charge in [0.05, 0.1) is 6.33 Å². The first kappa shape index (κ1) is 19.5. The first-order valence-electron chi connectivity index (χ1n) is 7.82. The van der Waals surface area contributed by atoms with E-state index in [9.17, 15) is 0 Å². The van der Waals surface area contributed by atoms with E-state index in [1.165, 1.54) is 16.7 Å². The summed E-state index contributed by atoms with van der Waals surface area (Å²) < 4.78 is 2.06. The van der Waals surface area contributed by atoms with E-state index in [1.807, 2.05) is 12.5 Å². The van der Waals surface area contributed by atoms with Crippen LogP contribution in [0.4, 0.5) is 0 Å². The molecule has 132 valence electrons. The molecule has 0 amide bonds. The maximum absolute atomic E-state index is 4.26. The molecule has 0 atom stereocenters. The summed E-state index contributed by atoms with van der Waals surface area (Å²) >= 11 is 1.71. The standard InChI is InChI=1S/C18H21N5S.HI/c1-19-18(22-11-17-6-9-24-13-17)21-10-15-2-4-16(5-3-15)12-23-8-7-20-14-23;/h2-9,13-14H,10-12H2,1H3,(H2,19,21,22);1H. The maximum Gasteiger partial charge on any atom is 0.191 e. The topological polar surface area (TPSA) is 54.2 Å². The second-order valence-corrected chi connectivity index (χ2v) is 6.24. The Balaban J connectivity index is 0.00000225. The number of thiophene rings is 1. The quantitative estimate of drug-likeness (QED) is 0.332. The van der Waals surface area contributed by atoms with Crippen molar-refractivity contribution in [2.24, 2.45) is 4.99 Å². The molecule has 3 rings (SSSR count). The van der Waals surface area contributed by atoms with Crippen molar-refractivity contribution in [2.45, 2.75) is 19.6 Å². The summed E-state index contributed by atoms with van der Waals surface area (Å²) in [6, 6.07) is 10.7. The zero-order chi connectivity index (χ0) is 16.6. The summed E-state index contributed by atoms with van der Waals surface area (Å²) in [5, 5.41) is 10.9. The average molecular weight is 467 g/mol. The number of hydrogen-bond donors (Lipinski definition) is 2. The van der Waals surface area contributed by atoms with Crippen LogP contribution in [0.2, 0.25) is 0 Å². The Labute approximate surface area is 169 Å². The SMILES string of the molecule is CN=C(NCc1ccc(Cn2ccnc2)cc1)NCc1ccsc1.I. The van der Waals surface area contributed by atoms with Gasteiger partial charge in [-0.1, -0.05) is 24.3 Å². The van der Waals surface area contributed by atoms with Gasteiger partial charge < -0.3 is 15.2 Å². The Kier molecular flexibility index (Phi) is 7.93. The Bertz CT molecular complexity index is 751. The largest absolute Gasteiger partial charge is 0.352 e. The van der Waals surface area contributed by atoms with Crippen LogP contribution in [0.3, 0.4) is 0 Å². The van der Waals surface area contributed by atoms with Gasteiger partial charge in [0.25, 0.3) is 0 Å². The van der Waals surface area contributed by atoms with Gasteiger partial charge in [-0.3, -0.25) is 4.99 Å². The van der Waals surface area contributed by atoms with Crippen LogP contribution in [-0.2, 0) is 19.6 Å². The molecule has 0 saturated heterocycles. The van der Waals surface area contributed by atoms with Gasteiger partial charge in [0.15, 0.2) is 5.96 Å². The van der Waals surface area contributed by atoms with Crippen LogP contribution in [0, 0.1) is 0 Å². The lowest BCUT2D eigenvalue weighted by molar-refractivity contribution is 0.792. The summed E-state index contributed by atoms with van der Waals surface area (Å²) in [6.07, 6.45) is 5.60. The van der Waals surface area contributed by atoms with E-state index in [1.54, 1.807) is 24.6 Å². The van der Waals surface area contributed by atoms with Gasteiger partial charge >= 0.3 is 0 Å². The number of hydrogen-bond acceptors (Lipinski definition) is 3. The third kappa shape index (κ3) is 6.17. The number of guanidine groups is 1. The third-order valence-corrected chi connectivity index (χ3v) is 4.40. The number of nitrogens with one attached hydrogen (secondary N) is 2. The van der Waals surface area contributed by atoms with Crippen molar-refractivity contribution in [3.63, 3.8) is 0 Å². The first-order valence-corrected chi connectivity index (χ1v) is 8.77. The van der Waals surface area contributed by atoms with Crippen molar-refractivity contribution in [3.8, 4) is 0 Å². The molecule has 25 heavy (non-hydrogen) atoms. The minimum atomic E-state index is 0. The maximum atomic E-state index is 4.26. The molecule has 5 nitrogen and oxygen atoms in total. The number of aromatic nitrogens is 2. The zero-order valence-electron chi connectivity index (χ0n) is 14.1. The van der Waals surface area contributed by atoms with Crippen molar-refractivity contribution in [2.75, 3.05) is 7.05 Å². The second kappa shape index (κ2) is 10.2. The van der Waals surface area contributed by atoms with Gasteiger partial charge in [0.1, 0.15) is 0 Å². The minimum Gasteiger partial charge on any atom is -0.352 e. The molecule has 3 aromatic rings. The smallest absolute Gasteiger partial charge is 0.191 e. The Morgan fingerprint density at radius 1 is 1.08 bits per heavy atom. The van der Waals surface area contributed by atoms with E-state index in [2.05, 4.69) is 66.3 Å². The molecule has 1 aromatic carbocycles. The number of halogens is 1. The molecule has 0 bridgehead atoms. The van der Waals surface area contributed by atoms with E-state index in [-0.39, 0.29) is 24.0 Å². The van der Waals surface area contributed by atoms with Crippen molar-refractivity contribution >= 4 is 41.3 Å². The molecular formula is C18H22IN5S. The molecule has 7 heteroatoms. The molecule has 2 aromatic heterocycles. The van der Waals surface area contributed by atoms with Gasteiger partial charge in [-0.25, -0.2) is 4.98 Å². The van der Waals surface area contributed by atoms with Crippen molar-refractivity contribution in [3.05, 3.63) is 76.5 Å². The molecule has 0 radical (unpaired) electrons. The highest BCUT2D eigenvalue weighted by Gasteiger charge is 2.00. The molecule has 0 aliphatic heterocycles. The fraction of sp³-hybridized carbons (Fsp3) is 0.222. The Morgan fingerprint density at radius 3 is 2.40 bits per heavy atom. The predicted molar refractivity (Wildman–Crippen MR) is 115 cm³/mol. The van der Waals surface area contributed by atoms with Crippen LogP contribution in [0.5, 0.6) is 0 Å². The molecule has 0 aliphatic rings. The highest BCUT2D eigenvalue weighted by Crippen LogP contribution is 2.07. The lowest BCUT2D eigenvalue weighted by Crippen LogP contribution is -2.36. The summed E-state index contributed by atoms with van der Waals surface area (Å²) in [7, 11) is 1.79. The van der Waals surface area contributed by atoms with E-state index < -0.39 is 0 Å². The number of rotatable bonds is 6. The lowest BCUT2D eigenvalue weighted by atomic mass is 10.1. The number of benzene rings is 1. The van der Waals surface area contributed by atoms with Crippen LogP contribution < -0.4 is 10.6 Å². The first-order chi connectivity index (χ1) is 11.8. The molecule has 2 N–H and O–H groups in total. The average Bonchev–Trinajstić information content (AvgIpc) is 3.30. The third-order valence-electron chi connectivity index (χ3n) is 3.67. The summed E-state index contributed by atoms with van der Waals surface area (Å²) in [5.74, 6) is 0.809. The van der Waals surface area contributed by atoms with Gasteiger partial charge in [-0.05, 0) is 33.5 Å². The van der Waals surface area contributed by atoms with Crippen molar-refractivity contribution in [1.29, 1.82) is 0 Å². The predicted octanol–water partition coefficient (Wildman–Crippen LogP) is 3.48. The number of aliphatic imine (C=N–C) groups is 1. The van der Waals surface area contributed by atoms with E-state index >= 15 is 0 Å². The monoisotopic (exact) mass is 467 g/mol. The molecule has 0 aliphatic carbocycles. The molecule has 0 spiro atoms. The second-order valence-electron chi connectivity index (χ2n) is 5.46. The summed E-state index contributed by atoms with van der Waals surface area (Å²) in [4.78, 5) is 8.32. The molecule has 0 unspecified atom stereocenters.